The average molecular weight is 546 g/mol. The molecule has 14 heteroatoms. The van der Waals surface area contributed by atoms with E-state index in [0.29, 0.717) is 25.0 Å². The van der Waals surface area contributed by atoms with Gasteiger partial charge in [-0.25, -0.2) is 28.9 Å². The quantitative estimate of drug-likeness (QED) is 0.534. The van der Waals surface area contributed by atoms with E-state index in [0.717, 1.165) is 19.5 Å². The van der Waals surface area contributed by atoms with E-state index in [9.17, 15) is 14.0 Å². The Bertz CT molecular complexity index is 1120. The first-order valence-electron chi connectivity index (χ1n) is 13.1. The maximum atomic E-state index is 14.9. The van der Waals surface area contributed by atoms with Crippen LogP contribution in [0.15, 0.2) is 24.7 Å². The van der Waals surface area contributed by atoms with Crippen LogP contribution >= 0.6 is 0 Å². The molecular weight excluding hydrogens is 509 g/mol. The fourth-order valence-corrected chi connectivity index (χ4v) is 4.75. The predicted molar refractivity (Wildman–Crippen MR) is 143 cm³/mol. The Morgan fingerprint density at radius 3 is 2.67 bits per heavy atom. The van der Waals surface area contributed by atoms with E-state index in [1.807, 2.05) is 14.0 Å². The van der Waals surface area contributed by atoms with E-state index in [1.54, 1.807) is 11.0 Å². The SMILES string of the molecule is CCOc1cnc(NC(=O)N(C)[C@H]2CN(c3nccc(NC(=O)O[C@@H]4CCN(C)C[C@@H]4C)n3)CC[C@H]2F)cn1. The van der Waals surface area contributed by atoms with Crippen molar-refractivity contribution in [2.24, 2.45) is 5.92 Å². The van der Waals surface area contributed by atoms with Crippen LogP contribution in [0.5, 0.6) is 5.88 Å². The van der Waals surface area contributed by atoms with E-state index in [2.05, 4.69) is 42.4 Å². The van der Waals surface area contributed by atoms with Gasteiger partial charge in [0.2, 0.25) is 11.8 Å². The van der Waals surface area contributed by atoms with Gasteiger partial charge in [-0.15, -0.1) is 0 Å². The van der Waals surface area contributed by atoms with E-state index in [1.165, 1.54) is 30.5 Å². The zero-order valence-electron chi connectivity index (χ0n) is 22.7. The molecule has 0 spiro atoms. The third kappa shape index (κ3) is 7.40. The lowest BCUT2D eigenvalue weighted by molar-refractivity contribution is 0.0284. The van der Waals surface area contributed by atoms with Crippen molar-refractivity contribution in [3.63, 3.8) is 0 Å². The first-order chi connectivity index (χ1) is 18.7. The Labute approximate surface area is 227 Å². The molecule has 0 radical (unpaired) electrons. The van der Waals surface area contributed by atoms with Gasteiger partial charge in [-0.3, -0.25) is 10.6 Å². The summed E-state index contributed by atoms with van der Waals surface area (Å²) in [4.78, 5) is 47.6. The summed E-state index contributed by atoms with van der Waals surface area (Å²) in [6.45, 7) is 6.59. The molecule has 4 atom stereocenters. The molecule has 2 aromatic heterocycles. The highest BCUT2D eigenvalue weighted by Crippen LogP contribution is 2.24. The second-order valence-corrected chi connectivity index (χ2v) is 9.87. The molecule has 0 bridgehead atoms. The highest BCUT2D eigenvalue weighted by molar-refractivity contribution is 5.88. The molecule has 0 aliphatic carbocycles. The number of alkyl halides is 1. The van der Waals surface area contributed by atoms with Gasteiger partial charge in [-0.05, 0) is 32.9 Å². The van der Waals surface area contributed by atoms with Crippen LogP contribution in [0, 0.1) is 5.92 Å². The maximum absolute atomic E-state index is 14.9. The Hall–Kier alpha value is -3.81. The van der Waals surface area contributed by atoms with Gasteiger partial charge in [-0.2, -0.15) is 4.98 Å². The normalized spacial score (nSPS) is 23.6. The van der Waals surface area contributed by atoms with Crippen LogP contribution in [0.4, 0.5) is 31.6 Å². The average Bonchev–Trinajstić information content (AvgIpc) is 2.91. The molecule has 212 valence electrons. The number of nitrogens with zero attached hydrogens (tertiary/aromatic N) is 7. The molecule has 4 heterocycles. The number of anilines is 3. The number of carbonyl (C=O) groups is 2. The molecule has 0 saturated carbocycles. The number of amides is 3. The van der Waals surface area contributed by atoms with E-state index in [-0.39, 0.29) is 36.6 Å². The van der Waals surface area contributed by atoms with Crippen LogP contribution in [-0.2, 0) is 4.74 Å². The number of ether oxygens (including phenoxy) is 2. The summed E-state index contributed by atoms with van der Waals surface area (Å²) < 4.78 is 25.8. The van der Waals surface area contributed by atoms with Crippen LogP contribution < -0.4 is 20.3 Å². The summed E-state index contributed by atoms with van der Waals surface area (Å²) in [7, 11) is 3.57. The molecule has 2 aliphatic rings. The van der Waals surface area contributed by atoms with Gasteiger partial charge in [0.15, 0.2) is 5.82 Å². The summed E-state index contributed by atoms with van der Waals surface area (Å²) in [5.41, 5.74) is 0. The van der Waals surface area contributed by atoms with Crippen LogP contribution in [0.1, 0.15) is 26.7 Å². The van der Waals surface area contributed by atoms with Gasteiger partial charge in [0.25, 0.3) is 0 Å². The molecule has 3 amide bonds. The number of likely N-dealkylation sites (N-methyl/N-ethyl adjacent to an activating group) is 1. The van der Waals surface area contributed by atoms with Crippen molar-refractivity contribution in [2.75, 3.05) is 62.4 Å². The van der Waals surface area contributed by atoms with Crippen LogP contribution in [0.25, 0.3) is 0 Å². The summed E-state index contributed by atoms with van der Waals surface area (Å²) in [5, 5.41) is 5.31. The van der Waals surface area contributed by atoms with E-state index >= 15 is 0 Å². The standard InChI is InChI=1S/C25H36FN9O4/c1-5-38-22-13-28-21(12-29-22)31-24(36)34(4)18-15-35(11-7-17(18)26)23-27-9-6-20(30-23)32-25(37)39-19-8-10-33(3)14-16(19)2/h6,9,12-13,16-19H,5,7-8,10-11,14-15H2,1-4H3,(H,28,31,36)(H,27,30,32,37)/t16-,17+,18-,19+/m0/s1. The van der Waals surface area contributed by atoms with Crippen molar-refractivity contribution < 1.29 is 23.5 Å². The number of hydrogen-bond acceptors (Lipinski definition) is 10. The topological polar surface area (TPSA) is 138 Å². The van der Waals surface area contributed by atoms with Gasteiger partial charge in [-0.1, -0.05) is 6.92 Å². The minimum Gasteiger partial charge on any atom is -0.477 e. The Morgan fingerprint density at radius 2 is 1.95 bits per heavy atom. The smallest absolute Gasteiger partial charge is 0.413 e. The number of halogens is 1. The minimum absolute atomic E-state index is 0.165. The number of nitrogens with one attached hydrogen (secondary N) is 2. The largest absolute Gasteiger partial charge is 0.477 e. The Balaban J connectivity index is 1.35. The third-order valence-electron chi connectivity index (χ3n) is 6.92. The van der Waals surface area contributed by atoms with Gasteiger partial charge in [0.05, 0.1) is 25.0 Å². The highest BCUT2D eigenvalue weighted by atomic mass is 19.1. The van der Waals surface area contributed by atoms with Gasteiger partial charge < -0.3 is 24.2 Å². The molecule has 0 aromatic carbocycles. The van der Waals surface area contributed by atoms with E-state index in [4.69, 9.17) is 9.47 Å². The summed E-state index contributed by atoms with van der Waals surface area (Å²) >= 11 is 0. The second kappa shape index (κ2) is 12.8. The monoisotopic (exact) mass is 545 g/mol. The lowest BCUT2D eigenvalue weighted by Crippen LogP contribution is -2.55. The molecule has 2 saturated heterocycles. The number of hydrogen-bond donors (Lipinski definition) is 2. The molecule has 2 fully saturated rings. The van der Waals surface area contributed by atoms with Crippen molar-refractivity contribution >= 4 is 29.7 Å². The number of aromatic nitrogens is 4. The van der Waals surface area contributed by atoms with Crippen molar-refractivity contribution in [3.05, 3.63) is 24.7 Å². The van der Waals surface area contributed by atoms with Gasteiger partial charge >= 0.3 is 12.1 Å². The number of likely N-dealkylation sites (tertiary alicyclic amines) is 1. The zero-order valence-corrected chi connectivity index (χ0v) is 22.7. The molecule has 0 unspecified atom stereocenters. The maximum Gasteiger partial charge on any atom is 0.413 e. The number of rotatable bonds is 7. The number of carbonyl (C=O) groups excluding carboxylic acids is 2. The molecule has 13 nitrogen and oxygen atoms in total. The van der Waals surface area contributed by atoms with E-state index < -0.39 is 24.3 Å². The zero-order chi connectivity index (χ0) is 27.9. The molecule has 2 aromatic rings. The van der Waals surface area contributed by atoms with Crippen LogP contribution in [0.2, 0.25) is 0 Å². The lowest BCUT2D eigenvalue weighted by atomic mass is 9.97. The van der Waals surface area contributed by atoms with Crippen molar-refractivity contribution in [1.29, 1.82) is 0 Å². The highest BCUT2D eigenvalue weighted by Gasteiger charge is 2.35. The van der Waals surface area contributed by atoms with Crippen molar-refractivity contribution in [3.8, 4) is 5.88 Å². The lowest BCUT2D eigenvalue weighted by Gasteiger charge is -2.39. The fourth-order valence-electron chi connectivity index (χ4n) is 4.75. The summed E-state index contributed by atoms with van der Waals surface area (Å²) in [6.07, 6.45) is 3.28. The first-order valence-corrected chi connectivity index (χ1v) is 13.1. The molecule has 2 N–H and O–H groups in total. The van der Waals surface area contributed by atoms with Crippen molar-refractivity contribution in [2.45, 2.75) is 45.0 Å². The Morgan fingerprint density at radius 1 is 1.13 bits per heavy atom. The molecule has 4 rings (SSSR count). The second-order valence-electron chi connectivity index (χ2n) is 9.87. The minimum atomic E-state index is -1.24. The number of piperidine rings is 2. The third-order valence-corrected chi connectivity index (χ3v) is 6.92. The van der Waals surface area contributed by atoms with Crippen molar-refractivity contribution in [1.82, 2.24) is 29.7 Å². The summed E-state index contributed by atoms with van der Waals surface area (Å²) in [5.74, 6) is 1.40. The molecule has 2 aliphatic heterocycles. The van der Waals surface area contributed by atoms with Crippen LogP contribution in [0.3, 0.4) is 0 Å². The predicted octanol–water partition coefficient (Wildman–Crippen LogP) is 2.63. The fraction of sp³-hybridized carbons (Fsp3) is 0.600. The molecule has 39 heavy (non-hydrogen) atoms. The summed E-state index contributed by atoms with van der Waals surface area (Å²) in [6, 6.07) is 0.287. The van der Waals surface area contributed by atoms with Gasteiger partial charge in [0, 0.05) is 45.3 Å². The Kier molecular flexibility index (Phi) is 9.28. The molecular formula is C25H36FN9O4. The number of urea groups is 1. The van der Waals surface area contributed by atoms with Crippen LogP contribution in [-0.4, -0.2) is 107 Å². The van der Waals surface area contributed by atoms with Gasteiger partial charge in [0.1, 0.15) is 18.1 Å². The first kappa shape index (κ1) is 28.2.